The molecule has 0 radical (unpaired) electrons. The minimum absolute atomic E-state index is 0.0221. The van der Waals surface area contributed by atoms with Crippen LogP contribution in [0.2, 0.25) is 10.0 Å². The highest BCUT2D eigenvalue weighted by Gasteiger charge is 2.38. The van der Waals surface area contributed by atoms with Gasteiger partial charge in [0, 0.05) is 18.1 Å². The first-order chi connectivity index (χ1) is 9.54. The fourth-order valence-corrected chi connectivity index (χ4v) is 4.82. The Morgan fingerprint density at radius 2 is 1.95 bits per heavy atom. The molecule has 0 bridgehead atoms. The van der Waals surface area contributed by atoms with Gasteiger partial charge in [0.15, 0.2) is 0 Å². The van der Waals surface area contributed by atoms with Crippen LogP contribution in [-0.2, 0) is 10.0 Å². The zero-order valence-corrected chi connectivity index (χ0v) is 13.9. The molecule has 1 aliphatic heterocycles. The predicted molar refractivity (Wildman–Crippen MR) is 80.6 cm³/mol. The standard InChI is InChI=1S/C13H15Cl2NO4S/c1-13(2)3-4-16(7-13)21(19,20)10-6-8(14)5-9(11(10)15)12(17)18/h5-6H,3-4,7H2,1-2H3,(H,17,18). The highest BCUT2D eigenvalue weighted by molar-refractivity contribution is 7.89. The van der Waals surface area contributed by atoms with Crippen LogP contribution in [0.15, 0.2) is 17.0 Å². The van der Waals surface area contributed by atoms with Gasteiger partial charge in [-0.05, 0) is 24.0 Å². The van der Waals surface area contributed by atoms with Crippen molar-refractivity contribution in [3.8, 4) is 0 Å². The zero-order chi connectivity index (χ0) is 16.0. The molecule has 1 N–H and O–H groups in total. The molecule has 1 aromatic carbocycles. The second kappa shape index (κ2) is 5.43. The number of benzene rings is 1. The lowest BCUT2D eigenvalue weighted by Crippen LogP contribution is -2.30. The van der Waals surface area contributed by atoms with Crippen molar-refractivity contribution in [2.45, 2.75) is 25.2 Å². The van der Waals surface area contributed by atoms with Crippen molar-refractivity contribution in [1.29, 1.82) is 0 Å². The van der Waals surface area contributed by atoms with Crippen LogP contribution in [0, 0.1) is 5.41 Å². The third-order valence-electron chi connectivity index (χ3n) is 3.49. The number of carboxylic acids is 1. The van der Waals surface area contributed by atoms with Crippen molar-refractivity contribution < 1.29 is 18.3 Å². The van der Waals surface area contributed by atoms with Gasteiger partial charge in [-0.25, -0.2) is 13.2 Å². The molecule has 0 aromatic heterocycles. The normalized spacial score (nSPS) is 18.9. The van der Waals surface area contributed by atoms with Gasteiger partial charge in [-0.1, -0.05) is 37.0 Å². The third kappa shape index (κ3) is 3.18. The number of aromatic carboxylic acids is 1. The minimum Gasteiger partial charge on any atom is -0.478 e. The molecule has 0 spiro atoms. The summed E-state index contributed by atoms with van der Waals surface area (Å²) in [4.78, 5) is 10.9. The van der Waals surface area contributed by atoms with Crippen LogP contribution >= 0.6 is 23.2 Å². The molecule has 8 heteroatoms. The fourth-order valence-electron chi connectivity index (χ4n) is 2.31. The van der Waals surface area contributed by atoms with E-state index in [1.165, 1.54) is 10.4 Å². The van der Waals surface area contributed by atoms with E-state index in [0.29, 0.717) is 13.1 Å². The van der Waals surface area contributed by atoms with Gasteiger partial charge < -0.3 is 5.11 Å². The molecule has 1 heterocycles. The van der Waals surface area contributed by atoms with Gasteiger partial charge in [0.05, 0.1) is 10.6 Å². The second-order valence-corrected chi connectivity index (χ2v) is 8.54. The summed E-state index contributed by atoms with van der Waals surface area (Å²) in [5, 5.41) is 8.79. The smallest absolute Gasteiger partial charge is 0.337 e. The van der Waals surface area contributed by atoms with Gasteiger partial charge in [0.2, 0.25) is 10.0 Å². The Bertz CT molecular complexity index is 700. The highest BCUT2D eigenvalue weighted by atomic mass is 35.5. The lowest BCUT2D eigenvalue weighted by molar-refractivity contribution is 0.0697. The quantitative estimate of drug-likeness (QED) is 0.907. The topological polar surface area (TPSA) is 74.7 Å². The molecular formula is C13H15Cl2NO4S. The van der Waals surface area contributed by atoms with E-state index >= 15 is 0 Å². The van der Waals surface area contributed by atoms with Crippen LogP contribution in [0.1, 0.15) is 30.6 Å². The van der Waals surface area contributed by atoms with Crippen LogP contribution in [-0.4, -0.2) is 36.9 Å². The minimum atomic E-state index is -3.87. The summed E-state index contributed by atoms with van der Waals surface area (Å²) in [6.07, 6.45) is 0.732. The van der Waals surface area contributed by atoms with E-state index < -0.39 is 16.0 Å². The lowest BCUT2D eigenvalue weighted by Gasteiger charge is -2.20. The SMILES string of the molecule is CC1(C)CCN(S(=O)(=O)c2cc(Cl)cc(C(=O)O)c2Cl)C1. The van der Waals surface area contributed by atoms with Crippen LogP contribution in [0.25, 0.3) is 0 Å². The van der Waals surface area contributed by atoms with Gasteiger partial charge in [-0.15, -0.1) is 0 Å². The maximum atomic E-state index is 12.7. The molecule has 0 amide bonds. The van der Waals surface area contributed by atoms with E-state index in [9.17, 15) is 13.2 Å². The Labute approximate surface area is 133 Å². The summed E-state index contributed by atoms with van der Waals surface area (Å²) in [5.74, 6) is -1.32. The molecule has 5 nitrogen and oxygen atoms in total. The molecule has 0 unspecified atom stereocenters. The first-order valence-corrected chi connectivity index (χ1v) is 8.47. The van der Waals surface area contributed by atoms with Crippen molar-refractivity contribution in [2.24, 2.45) is 5.41 Å². The third-order valence-corrected chi connectivity index (χ3v) is 6.10. The Hall–Kier alpha value is -0.820. The molecule has 1 aliphatic rings. The Morgan fingerprint density at radius 3 is 2.43 bits per heavy atom. The molecule has 116 valence electrons. The summed E-state index contributed by atoms with van der Waals surface area (Å²) in [7, 11) is -3.87. The van der Waals surface area contributed by atoms with E-state index in [4.69, 9.17) is 28.3 Å². The van der Waals surface area contributed by atoms with E-state index in [1.807, 2.05) is 13.8 Å². The molecular weight excluding hydrogens is 337 g/mol. The summed E-state index contributed by atoms with van der Waals surface area (Å²) < 4.78 is 26.6. The summed E-state index contributed by atoms with van der Waals surface area (Å²) in [6.45, 7) is 4.69. The van der Waals surface area contributed by atoms with Crippen LogP contribution in [0.5, 0.6) is 0 Å². The van der Waals surface area contributed by atoms with E-state index in [2.05, 4.69) is 0 Å². The number of hydrogen-bond acceptors (Lipinski definition) is 3. The Balaban J connectivity index is 2.53. The summed E-state index contributed by atoms with van der Waals surface area (Å²) in [6, 6.07) is 2.33. The maximum absolute atomic E-state index is 12.7. The molecule has 0 atom stereocenters. The average Bonchev–Trinajstić information content (AvgIpc) is 2.72. The average molecular weight is 352 g/mol. The molecule has 0 aliphatic carbocycles. The fraction of sp³-hybridized carbons (Fsp3) is 0.462. The summed E-state index contributed by atoms with van der Waals surface area (Å²) >= 11 is 11.8. The highest BCUT2D eigenvalue weighted by Crippen LogP contribution is 2.36. The van der Waals surface area contributed by atoms with Gasteiger partial charge in [-0.2, -0.15) is 4.31 Å². The van der Waals surface area contributed by atoms with Crippen molar-refractivity contribution in [3.05, 3.63) is 27.7 Å². The predicted octanol–water partition coefficient (Wildman–Crippen LogP) is 3.11. The first kappa shape index (κ1) is 16.5. The van der Waals surface area contributed by atoms with Gasteiger partial charge >= 0.3 is 5.97 Å². The van der Waals surface area contributed by atoms with Gasteiger partial charge in [-0.3, -0.25) is 0 Å². The second-order valence-electron chi connectivity index (χ2n) is 5.82. The number of hydrogen-bond donors (Lipinski definition) is 1. The van der Waals surface area contributed by atoms with E-state index in [1.54, 1.807) is 0 Å². The van der Waals surface area contributed by atoms with Crippen molar-refractivity contribution in [2.75, 3.05) is 13.1 Å². The lowest BCUT2D eigenvalue weighted by atomic mass is 9.93. The number of rotatable bonds is 3. The molecule has 2 rings (SSSR count). The molecule has 21 heavy (non-hydrogen) atoms. The largest absolute Gasteiger partial charge is 0.478 e. The molecule has 1 aromatic rings. The van der Waals surface area contributed by atoms with Crippen molar-refractivity contribution in [1.82, 2.24) is 4.31 Å². The number of nitrogens with zero attached hydrogens (tertiary/aromatic N) is 1. The first-order valence-electron chi connectivity index (χ1n) is 6.27. The number of halogens is 2. The zero-order valence-electron chi connectivity index (χ0n) is 11.6. The van der Waals surface area contributed by atoms with E-state index in [-0.39, 0.29) is 25.9 Å². The van der Waals surface area contributed by atoms with Crippen LogP contribution in [0.3, 0.4) is 0 Å². The Morgan fingerprint density at radius 1 is 1.33 bits per heavy atom. The summed E-state index contributed by atoms with van der Waals surface area (Å²) in [5.41, 5.74) is -0.436. The van der Waals surface area contributed by atoms with Crippen molar-refractivity contribution >= 4 is 39.2 Å². The number of carboxylic acid groups (broad SMARTS) is 1. The molecule has 0 saturated carbocycles. The number of carbonyl (C=O) groups is 1. The van der Waals surface area contributed by atoms with Gasteiger partial charge in [0.1, 0.15) is 4.90 Å². The monoisotopic (exact) mass is 351 g/mol. The van der Waals surface area contributed by atoms with Crippen LogP contribution in [0.4, 0.5) is 0 Å². The van der Waals surface area contributed by atoms with Gasteiger partial charge in [0.25, 0.3) is 0 Å². The number of sulfonamides is 1. The van der Waals surface area contributed by atoms with Crippen LogP contribution < -0.4 is 0 Å². The molecule has 1 fully saturated rings. The molecule has 1 saturated heterocycles. The Kier molecular flexibility index (Phi) is 4.28. The maximum Gasteiger partial charge on any atom is 0.337 e. The van der Waals surface area contributed by atoms with Crippen molar-refractivity contribution in [3.63, 3.8) is 0 Å². The van der Waals surface area contributed by atoms with E-state index in [0.717, 1.165) is 12.5 Å².